The van der Waals surface area contributed by atoms with Gasteiger partial charge in [0.25, 0.3) is 0 Å². The molecule has 1 saturated carbocycles. The van der Waals surface area contributed by atoms with Crippen LogP contribution in [0.15, 0.2) is 54.7 Å². The Labute approximate surface area is 310 Å². The minimum absolute atomic E-state index is 0.0116. The molecule has 1 atom stereocenters. The molecule has 7 rings (SSSR count). The van der Waals surface area contributed by atoms with Crippen LogP contribution in [0.2, 0.25) is 10.0 Å². The molecular formula is C38H38Cl2FN5O6. The van der Waals surface area contributed by atoms with Crippen LogP contribution in [0, 0.1) is 11.2 Å². The predicted octanol–water partition coefficient (Wildman–Crippen LogP) is 6.66. The quantitative estimate of drug-likeness (QED) is 0.154. The number of hydrogen-bond donors (Lipinski definition) is 3. The third kappa shape index (κ3) is 7.00. The van der Waals surface area contributed by atoms with E-state index in [1.54, 1.807) is 30.5 Å². The van der Waals surface area contributed by atoms with E-state index < -0.39 is 11.9 Å². The second kappa shape index (κ2) is 14.5. The maximum absolute atomic E-state index is 15.7. The number of aliphatic hydroxyl groups excluding tert-OH is 1. The van der Waals surface area contributed by atoms with Crippen molar-refractivity contribution in [1.29, 1.82) is 0 Å². The van der Waals surface area contributed by atoms with Gasteiger partial charge in [0.15, 0.2) is 0 Å². The van der Waals surface area contributed by atoms with Gasteiger partial charge in [-0.15, -0.1) is 0 Å². The predicted molar refractivity (Wildman–Crippen MR) is 194 cm³/mol. The van der Waals surface area contributed by atoms with Crippen molar-refractivity contribution in [2.24, 2.45) is 5.41 Å². The summed E-state index contributed by atoms with van der Waals surface area (Å²) >= 11 is 14.0. The van der Waals surface area contributed by atoms with Crippen molar-refractivity contribution >= 4 is 35.2 Å². The number of carboxylic acid groups (broad SMARTS) is 1. The molecule has 272 valence electrons. The van der Waals surface area contributed by atoms with E-state index in [9.17, 15) is 19.8 Å². The van der Waals surface area contributed by atoms with Crippen LogP contribution in [0.5, 0.6) is 11.6 Å². The summed E-state index contributed by atoms with van der Waals surface area (Å²) in [5, 5.41) is 23.0. The summed E-state index contributed by atoms with van der Waals surface area (Å²) in [5.74, 6) is 0.119. The number of likely N-dealkylation sites (tertiary alicyclic amines) is 1. The number of ether oxygens (including phenoxy) is 2. The number of aromatic nitrogens is 2. The van der Waals surface area contributed by atoms with Gasteiger partial charge in [0.05, 0.1) is 48.3 Å². The summed E-state index contributed by atoms with van der Waals surface area (Å²) in [5.41, 5.74) is 4.23. The fourth-order valence-corrected chi connectivity index (χ4v) is 8.37. The summed E-state index contributed by atoms with van der Waals surface area (Å²) in [6, 6.07) is 13.6. The maximum Gasteiger partial charge on any atom is 0.407 e. The molecule has 2 saturated heterocycles. The molecule has 3 N–H and O–H groups in total. The standard InChI is InChI=1S/C38H38Cl2FN5O6/c1-51-31-13-22(12-29(41)28(31)18-45-19-38(20-45)14-24(47)15-38)35-34(40)26(10-11-42-35)25-4-3-5-27(33(25)39)30-8-6-21(36(44-30)52-2)16-46(37(49)50)17-23-7-9-32(48)43-23/h3-6,8,10-13,23-24,47H,7,9,14-20H2,1-2H3,(H,43,48)(H,49,50). The first-order valence-corrected chi connectivity index (χ1v) is 17.7. The van der Waals surface area contributed by atoms with Crippen molar-refractivity contribution < 1.29 is 33.7 Å². The van der Waals surface area contributed by atoms with Crippen LogP contribution in [-0.4, -0.2) is 88.0 Å². The lowest BCUT2D eigenvalue weighted by Gasteiger charge is -2.58. The highest BCUT2D eigenvalue weighted by molar-refractivity contribution is 6.39. The molecule has 52 heavy (non-hydrogen) atoms. The smallest absolute Gasteiger partial charge is 0.407 e. The number of halogens is 3. The zero-order chi connectivity index (χ0) is 36.7. The first kappa shape index (κ1) is 35.9. The van der Waals surface area contributed by atoms with Crippen molar-refractivity contribution in [2.45, 2.75) is 50.9 Å². The van der Waals surface area contributed by atoms with Crippen molar-refractivity contribution in [2.75, 3.05) is 33.9 Å². The number of carbonyl (C=O) groups excluding carboxylic acids is 1. The van der Waals surface area contributed by atoms with Crippen LogP contribution in [-0.2, 0) is 17.9 Å². The Morgan fingerprint density at radius 2 is 1.83 bits per heavy atom. The third-order valence-corrected chi connectivity index (χ3v) is 11.0. The lowest BCUT2D eigenvalue weighted by atomic mass is 9.62. The Kier molecular flexibility index (Phi) is 10.0. The number of nitrogens with zero attached hydrogens (tertiary/aromatic N) is 4. The summed E-state index contributed by atoms with van der Waals surface area (Å²) in [6.07, 6.45) is 2.77. The van der Waals surface area contributed by atoms with Gasteiger partial charge >= 0.3 is 6.09 Å². The van der Waals surface area contributed by atoms with E-state index in [1.165, 1.54) is 25.2 Å². The van der Waals surface area contributed by atoms with E-state index in [0.29, 0.717) is 74.9 Å². The molecule has 1 aliphatic carbocycles. The van der Waals surface area contributed by atoms with Gasteiger partial charge in [-0.1, -0.05) is 41.4 Å². The molecule has 4 heterocycles. The number of benzene rings is 2. The normalized spacial score (nSPS) is 18.1. The summed E-state index contributed by atoms with van der Waals surface area (Å²) in [7, 11) is 2.97. The van der Waals surface area contributed by atoms with Gasteiger partial charge < -0.3 is 29.9 Å². The average Bonchev–Trinajstić information content (AvgIpc) is 3.51. The van der Waals surface area contributed by atoms with Gasteiger partial charge in [-0.3, -0.25) is 14.7 Å². The number of hydrogen-bond acceptors (Lipinski definition) is 8. The van der Waals surface area contributed by atoms with E-state index in [-0.39, 0.29) is 47.5 Å². The molecule has 3 fully saturated rings. The Balaban J connectivity index is 1.14. The fraction of sp³-hybridized carbons (Fsp3) is 0.368. The summed E-state index contributed by atoms with van der Waals surface area (Å²) in [6.45, 7) is 2.19. The molecule has 2 aliphatic heterocycles. The number of nitrogens with one attached hydrogen (secondary N) is 1. The molecule has 1 spiro atoms. The highest BCUT2D eigenvalue weighted by Crippen LogP contribution is 2.49. The van der Waals surface area contributed by atoms with E-state index in [1.807, 2.05) is 18.2 Å². The van der Waals surface area contributed by atoms with E-state index in [4.69, 9.17) is 32.7 Å². The monoisotopic (exact) mass is 749 g/mol. The molecule has 0 radical (unpaired) electrons. The van der Waals surface area contributed by atoms with Crippen LogP contribution in [0.1, 0.15) is 36.8 Å². The SMILES string of the molecule is COc1cc(-c2nccc(-c3cccc(-c4ccc(CN(CC5CCC(=O)N5)C(=O)O)c(OC)n4)c3Cl)c2Cl)cc(F)c1CN1CC2(CC(O)C2)C1. The van der Waals surface area contributed by atoms with Crippen molar-refractivity contribution in [3.63, 3.8) is 0 Å². The number of amides is 2. The molecule has 14 heteroatoms. The molecule has 1 unspecified atom stereocenters. The molecule has 3 aliphatic rings. The Hall–Kier alpha value is -4.49. The third-order valence-electron chi connectivity index (χ3n) is 10.2. The van der Waals surface area contributed by atoms with Crippen LogP contribution in [0.4, 0.5) is 9.18 Å². The minimum Gasteiger partial charge on any atom is -0.496 e. The largest absolute Gasteiger partial charge is 0.496 e. The van der Waals surface area contributed by atoms with Gasteiger partial charge in [0.1, 0.15) is 11.6 Å². The van der Waals surface area contributed by atoms with E-state index in [0.717, 1.165) is 25.9 Å². The number of carbonyl (C=O) groups is 2. The van der Waals surface area contributed by atoms with Crippen LogP contribution in [0.25, 0.3) is 33.6 Å². The van der Waals surface area contributed by atoms with Crippen LogP contribution < -0.4 is 14.8 Å². The van der Waals surface area contributed by atoms with Gasteiger partial charge in [-0.05, 0) is 49.6 Å². The second-order valence-electron chi connectivity index (χ2n) is 13.9. The molecule has 4 aromatic rings. The summed E-state index contributed by atoms with van der Waals surface area (Å²) in [4.78, 5) is 36.3. The highest BCUT2D eigenvalue weighted by atomic mass is 35.5. The first-order valence-electron chi connectivity index (χ1n) is 17.0. The van der Waals surface area contributed by atoms with Gasteiger partial charge in [-0.2, -0.15) is 0 Å². The Bertz CT molecular complexity index is 2040. The highest BCUT2D eigenvalue weighted by Gasteiger charge is 2.51. The van der Waals surface area contributed by atoms with Crippen molar-refractivity contribution in [3.8, 4) is 45.3 Å². The number of rotatable bonds is 11. The maximum atomic E-state index is 15.7. The van der Waals surface area contributed by atoms with E-state index >= 15 is 4.39 Å². The average molecular weight is 751 g/mol. The van der Waals surface area contributed by atoms with Crippen LogP contribution in [0.3, 0.4) is 0 Å². The number of methoxy groups -OCH3 is 2. The minimum atomic E-state index is -1.12. The molecule has 11 nitrogen and oxygen atoms in total. The van der Waals surface area contributed by atoms with Crippen LogP contribution >= 0.6 is 23.2 Å². The summed E-state index contributed by atoms with van der Waals surface area (Å²) < 4.78 is 26.9. The molecule has 2 aromatic heterocycles. The van der Waals surface area contributed by atoms with Crippen molar-refractivity contribution in [3.05, 3.63) is 81.7 Å². The van der Waals surface area contributed by atoms with E-state index in [2.05, 4.69) is 20.2 Å². The first-order chi connectivity index (χ1) is 25.0. The lowest BCUT2D eigenvalue weighted by molar-refractivity contribution is -0.131. The lowest BCUT2D eigenvalue weighted by Crippen LogP contribution is -2.63. The molecule has 2 aromatic carbocycles. The Morgan fingerprint density at radius 1 is 1.08 bits per heavy atom. The topological polar surface area (TPSA) is 137 Å². The molecular weight excluding hydrogens is 712 g/mol. The fourth-order valence-electron chi connectivity index (χ4n) is 7.72. The number of pyridine rings is 2. The molecule has 2 amide bonds. The van der Waals surface area contributed by atoms with Gasteiger partial charge in [0, 0.05) is 83.6 Å². The van der Waals surface area contributed by atoms with Gasteiger partial charge in [-0.25, -0.2) is 14.2 Å². The molecule has 0 bridgehead atoms. The zero-order valence-electron chi connectivity index (χ0n) is 28.7. The number of aliphatic hydroxyl groups is 1. The zero-order valence-corrected chi connectivity index (χ0v) is 30.2. The second-order valence-corrected chi connectivity index (χ2v) is 14.6. The van der Waals surface area contributed by atoms with Crippen molar-refractivity contribution in [1.82, 2.24) is 25.1 Å². The van der Waals surface area contributed by atoms with Gasteiger partial charge in [0.2, 0.25) is 11.8 Å². The Morgan fingerprint density at radius 3 is 2.50 bits per heavy atom.